The first-order chi connectivity index (χ1) is 7.02. The van der Waals surface area contributed by atoms with Crippen molar-refractivity contribution in [2.45, 2.75) is 20.3 Å². The third-order valence-electron chi connectivity index (χ3n) is 1.46. The van der Waals surface area contributed by atoms with Gasteiger partial charge in [0, 0.05) is 6.42 Å². The number of nitrogens with two attached hydrogens (primary N) is 1. The molecule has 0 aromatic heterocycles. The van der Waals surface area contributed by atoms with Crippen LogP contribution >= 0.6 is 0 Å². The van der Waals surface area contributed by atoms with E-state index in [0.717, 1.165) is 6.21 Å². The van der Waals surface area contributed by atoms with Crippen molar-refractivity contribution in [3.63, 3.8) is 0 Å². The standard InChI is InChI=1S/C9H14N2O4/c1-3-7(12)6(5-11-9(10)14)8(13)15-4-2/h5,12H,3-4H2,1-2H3,(H2,10,14)/b7-6-,11-5+. The minimum atomic E-state index is -0.944. The lowest BCUT2D eigenvalue weighted by atomic mass is 10.2. The van der Waals surface area contributed by atoms with Gasteiger partial charge in [-0.25, -0.2) is 14.6 Å². The number of carbonyl (C=O) groups is 2. The van der Waals surface area contributed by atoms with Crippen LogP contribution < -0.4 is 5.73 Å². The van der Waals surface area contributed by atoms with Gasteiger partial charge in [-0.1, -0.05) is 6.92 Å². The van der Waals surface area contributed by atoms with Crippen molar-refractivity contribution in [1.29, 1.82) is 0 Å². The van der Waals surface area contributed by atoms with E-state index >= 15 is 0 Å². The Labute approximate surface area is 87.4 Å². The number of carbonyl (C=O) groups excluding carboxylic acids is 2. The molecule has 84 valence electrons. The number of amides is 2. The fraction of sp³-hybridized carbons (Fsp3) is 0.444. The normalized spacial score (nSPS) is 12.4. The SMILES string of the molecule is CCOC(=O)C(/C=N/C(N)=O)=C(\O)CC. The summed E-state index contributed by atoms with van der Waals surface area (Å²) < 4.78 is 4.66. The van der Waals surface area contributed by atoms with Gasteiger partial charge in [0.25, 0.3) is 0 Å². The van der Waals surface area contributed by atoms with Gasteiger partial charge in [0.1, 0.15) is 11.3 Å². The topological polar surface area (TPSA) is 102 Å². The highest BCUT2D eigenvalue weighted by Gasteiger charge is 2.13. The number of primary amides is 1. The highest BCUT2D eigenvalue weighted by atomic mass is 16.5. The Morgan fingerprint density at radius 2 is 2.07 bits per heavy atom. The third-order valence-corrected chi connectivity index (χ3v) is 1.46. The van der Waals surface area contributed by atoms with E-state index in [4.69, 9.17) is 5.73 Å². The fourth-order valence-corrected chi connectivity index (χ4v) is 0.772. The second-order valence-electron chi connectivity index (χ2n) is 2.53. The molecule has 0 aromatic carbocycles. The molecular weight excluding hydrogens is 200 g/mol. The maximum atomic E-state index is 11.3. The zero-order chi connectivity index (χ0) is 11.8. The van der Waals surface area contributed by atoms with Crippen molar-refractivity contribution in [1.82, 2.24) is 0 Å². The summed E-state index contributed by atoms with van der Waals surface area (Å²) in [5, 5.41) is 9.36. The average molecular weight is 214 g/mol. The second kappa shape index (κ2) is 6.58. The first-order valence-corrected chi connectivity index (χ1v) is 4.45. The monoisotopic (exact) mass is 214 g/mol. The largest absolute Gasteiger partial charge is 0.511 e. The second-order valence-corrected chi connectivity index (χ2v) is 2.53. The van der Waals surface area contributed by atoms with E-state index in [2.05, 4.69) is 9.73 Å². The molecule has 6 nitrogen and oxygen atoms in total. The number of allylic oxidation sites excluding steroid dienone is 1. The molecule has 0 heterocycles. The Hall–Kier alpha value is -1.85. The number of ether oxygens (including phenoxy) is 1. The molecule has 0 unspecified atom stereocenters. The maximum absolute atomic E-state index is 11.3. The van der Waals surface area contributed by atoms with Crippen LogP contribution in [-0.2, 0) is 9.53 Å². The highest BCUT2D eigenvalue weighted by Crippen LogP contribution is 2.05. The van der Waals surface area contributed by atoms with Crippen LogP contribution in [0.4, 0.5) is 4.79 Å². The molecule has 0 bridgehead atoms. The Morgan fingerprint density at radius 3 is 2.47 bits per heavy atom. The summed E-state index contributed by atoms with van der Waals surface area (Å²) in [5.41, 5.74) is 4.61. The van der Waals surface area contributed by atoms with Crippen LogP contribution in [0, 0.1) is 0 Å². The van der Waals surface area contributed by atoms with Gasteiger partial charge in [-0.05, 0) is 6.92 Å². The van der Waals surface area contributed by atoms with Crippen molar-refractivity contribution < 1.29 is 19.4 Å². The first kappa shape index (κ1) is 13.2. The van der Waals surface area contributed by atoms with Crippen LogP contribution in [0.3, 0.4) is 0 Å². The summed E-state index contributed by atoms with van der Waals surface area (Å²) in [4.78, 5) is 24.8. The predicted octanol–water partition coefficient (Wildman–Crippen LogP) is 0.921. The summed E-state index contributed by atoms with van der Waals surface area (Å²) in [7, 11) is 0. The minimum absolute atomic E-state index is 0.154. The Bertz CT molecular complexity index is 307. The lowest BCUT2D eigenvalue weighted by Gasteiger charge is -2.03. The van der Waals surface area contributed by atoms with Gasteiger partial charge in [-0.3, -0.25) is 0 Å². The highest BCUT2D eigenvalue weighted by molar-refractivity contribution is 6.11. The van der Waals surface area contributed by atoms with E-state index in [-0.39, 0.29) is 24.4 Å². The van der Waals surface area contributed by atoms with Crippen molar-refractivity contribution in [2.75, 3.05) is 6.61 Å². The molecule has 0 aliphatic carbocycles. The minimum Gasteiger partial charge on any atom is -0.511 e. The average Bonchev–Trinajstić information content (AvgIpc) is 2.17. The Morgan fingerprint density at radius 1 is 1.47 bits per heavy atom. The lowest BCUT2D eigenvalue weighted by molar-refractivity contribution is -0.138. The number of rotatable bonds is 4. The van der Waals surface area contributed by atoms with Gasteiger partial charge in [0.05, 0.1) is 12.8 Å². The van der Waals surface area contributed by atoms with Crippen molar-refractivity contribution in [3.8, 4) is 0 Å². The molecule has 0 rings (SSSR count). The van der Waals surface area contributed by atoms with Crippen LogP contribution in [0.15, 0.2) is 16.3 Å². The number of hydrogen-bond acceptors (Lipinski definition) is 4. The predicted molar refractivity (Wildman–Crippen MR) is 54.7 cm³/mol. The molecule has 0 radical (unpaired) electrons. The quantitative estimate of drug-likeness (QED) is 0.314. The number of aliphatic imine (C=N–C) groups is 1. The number of hydrogen-bond donors (Lipinski definition) is 2. The first-order valence-electron chi connectivity index (χ1n) is 4.45. The van der Waals surface area contributed by atoms with Crippen molar-refractivity contribution >= 4 is 18.2 Å². The van der Waals surface area contributed by atoms with Crippen LogP contribution in [0.5, 0.6) is 0 Å². The molecule has 0 aliphatic rings. The molecule has 15 heavy (non-hydrogen) atoms. The van der Waals surface area contributed by atoms with Gasteiger partial charge >= 0.3 is 12.0 Å². The van der Waals surface area contributed by atoms with Gasteiger partial charge in [0.2, 0.25) is 0 Å². The Kier molecular flexibility index (Phi) is 5.77. The summed E-state index contributed by atoms with van der Waals surface area (Å²) in [6.07, 6.45) is 1.14. The molecular formula is C9H14N2O4. The lowest BCUT2D eigenvalue weighted by Crippen LogP contribution is -2.13. The van der Waals surface area contributed by atoms with E-state index in [9.17, 15) is 14.7 Å². The van der Waals surface area contributed by atoms with E-state index in [0.29, 0.717) is 0 Å². The molecule has 0 fully saturated rings. The number of aliphatic hydroxyl groups is 1. The molecule has 0 aliphatic heterocycles. The fourth-order valence-electron chi connectivity index (χ4n) is 0.772. The number of esters is 1. The van der Waals surface area contributed by atoms with Gasteiger partial charge in [0.15, 0.2) is 0 Å². The van der Waals surface area contributed by atoms with Crippen molar-refractivity contribution in [3.05, 3.63) is 11.3 Å². The summed E-state index contributed by atoms with van der Waals surface area (Å²) in [5.74, 6) is -0.930. The zero-order valence-corrected chi connectivity index (χ0v) is 8.69. The zero-order valence-electron chi connectivity index (χ0n) is 8.69. The molecule has 0 saturated heterocycles. The number of nitrogens with zero attached hydrogens (tertiary/aromatic N) is 1. The van der Waals surface area contributed by atoms with Crippen LogP contribution in [-0.4, -0.2) is 29.9 Å². The Balaban J connectivity index is 4.91. The molecule has 0 atom stereocenters. The van der Waals surface area contributed by atoms with Crippen LogP contribution in [0.2, 0.25) is 0 Å². The summed E-state index contributed by atoms with van der Waals surface area (Å²) in [6, 6.07) is -0.944. The van der Waals surface area contributed by atoms with Crippen molar-refractivity contribution in [2.24, 2.45) is 10.7 Å². The van der Waals surface area contributed by atoms with Gasteiger partial charge in [-0.15, -0.1) is 0 Å². The van der Waals surface area contributed by atoms with Gasteiger partial charge in [-0.2, -0.15) is 0 Å². The van der Waals surface area contributed by atoms with E-state index in [1.54, 1.807) is 13.8 Å². The van der Waals surface area contributed by atoms with E-state index in [1.165, 1.54) is 0 Å². The third kappa shape index (κ3) is 4.80. The van der Waals surface area contributed by atoms with E-state index in [1.807, 2.05) is 0 Å². The smallest absolute Gasteiger partial charge is 0.343 e. The molecule has 3 N–H and O–H groups in total. The molecule has 0 spiro atoms. The maximum Gasteiger partial charge on any atom is 0.343 e. The molecule has 2 amide bonds. The van der Waals surface area contributed by atoms with Crippen LogP contribution in [0.25, 0.3) is 0 Å². The number of urea groups is 1. The molecule has 0 aromatic rings. The summed E-state index contributed by atoms with van der Waals surface area (Å²) in [6.45, 7) is 3.44. The summed E-state index contributed by atoms with van der Waals surface area (Å²) >= 11 is 0. The number of aliphatic hydroxyl groups excluding tert-OH is 1. The van der Waals surface area contributed by atoms with Gasteiger partial charge < -0.3 is 15.6 Å². The van der Waals surface area contributed by atoms with Crippen LogP contribution in [0.1, 0.15) is 20.3 Å². The molecule has 6 heteroatoms. The van der Waals surface area contributed by atoms with E-state index < -0.39 is 12.0 Å². The molecule has 0 saturated carbocycles.